The van der Waals surface area contributed by atoms with Crippen molar-refractivity contribution < 1.29 is 0 Å². The van der Waals surface area contributed by atoms with Crippen LogP contribution < -0.4 is 2.94 Å². The molecule has 3 heteroatoms. The molecule has 1 saturated carbocycles. The number of hydrogen-bond acceptors (Lipinski definition) is 2. The van der Waals surface area contributed by atoms with Gasteiger partial charge in [-0.25, -0.2) is 2.94 Å². The second-order valence-corrected chi connectivity index (χ2v) is 4.13. The van der Waals surface area contributed by atoms with Crippen LogP contribution in [0.1, 0.15) is 19.3 Å². The highest BCUT2D eigenvalue weighted by atomic mass is 127. The van der Waals surface area contributed by atoms with Gasteiger partial charge in [-0.15, -0.1) is 0 Å². The minimum atomic E-state index is 0.928. The van der Waals surface area contributed by atoms with Crippen LogP contribution in [0.2, 0.25) is 0 Å². The minimum absolute atomic E-state index is 0.928. The fourth-order valence-electron chi connectivity index (χ4n) is 0.552. The van der Waals surface area contributed by atoms with Gasteiger partial charge in [-0.2, -0.15) is 0 Å². The van der Waals surface area contributed by atoms with Crippen molar-refractivity contribution in [1.82, 2.24) is 2.94 Å². The summed E-state index contributed by atoms with van der Waals surface area (Å²) in [7, 11) is 0. The first kappa shape index (κ1) is 6.16. The molecule has 0 bridgehead atoms. The van der Waals surface area contributed by atoms with Crippen LogP contribution in [0.25, 0.3) is 0 Å². The van der Waals surface area contributed by atoms with Gasteiger partial charge in [-0.05, 0) is 12.8 Å². The normalized spacial score (nSPS) is 21.9. The maximum atomic E-state index is 3.06. The van der Waals surface area contributed by atoms with Crippen LogP contribution in [0.4, 0.5) is 0 Å². The average Bonchev–Trinajstić information content (AvgIpc) is 1.55. The molecule has 0 amide bonds. The lowest BCUT2D eigenvalue weighted by atomic mass is 10.0. The summed E-state index contributed by atoms with van der Waals surface area (Å²) in [6.45, 7) is 0. The van der Waals surface area contributed by atoms with E-state index in [-0.39, 0.29) is 0 Å². The zero-order chi connectivity index (χ0) is 5.11. The van der Waals surface area contributed by atoms with E-state index in [0.29, 0.717) is 0 Å². The Labute approximate surface area is 62.3 Å². The molecule has 0 aromatic heterocycles. The van der Waals surface area contributed by atoms with E-state index in [0.717, 1.165) is 5.25 Å². The Bertz CT molecular complexity index is 55.7. The van der Waals surface area contributed by atoms with E-state index in [1.807, 2.05) is 11.9 Å². The van der Waals surface area contributed by atoms with Gasteiger partial charge in [0.1, 0.15) is 0 Å². The van der Waals surface area contributed by atoms with Gasteiger partial charge in [-0.3, -0.25) is 0 Å². The topological polar surface area (TPSA) is 12.0 Å². The Morgan fingerprint density at radius 2 is 2.29 bits per heavy atom. The zero-order valence-corrected chi connectivity index (χ0v) is 6.96. The molecule has 1 aliphatic carbocycles. The molecule has 0 atom stereocenters. The molecular formula is C4H8INS. The summed E-state index contributed by atoms with van der Waals surface area (Å²) >= 11 is 4.03. The molecule has 1 N–H and O–H groups in total. The van der Waals surface area contributed by atoms with Crippen LogP contribution in [0.15, 0.2) is 0 Å². The maximum absolute atomic E-state index is 3.06. The number of rotatable bonds is 2. The average molecular weight is 229 g/mol. The standard InChI is InChI=1S/C4H8INS/c5-6-7-4-2-1-3-4/h4,6H,1-3H2. The summed E-state index contributed by atoms with van der Waals surface area (Å²) in [5, 5.41) is 0.928. The summed E-state index contributed by atoms with van der Waals surface area (Å²) < 4.78 is 3.06. The Morgan fingerprint density at radius 3 is 2.43 bits per heavy atom. The maximum Gasteiger partial charge on any atom is 0.0286 e. The molecule has 0 aromatic rings. The molecule has 1 rings (SSSR count). The van der Waals surface area contributed by atoms with E-state index >= 15 is 0 Å². The molecule has 1 nitrogen and oxygen atoms in total. The molecule has 0 aliphatic heterocycles. The second kappa shape index (κ2) is 3.14. The number of halogens is 1. The van der Waals surface area contributed by atoms with E-state index < -0.39 is 0 Å². The van der Waals surface area contributed by atoms with Gasteiger partial charge in [0.2, 0.25) is 0 Å². The van der Waals surface area contributed by atoms with Crippen LogP contribution in [0.3, 0.4) is 0 Å². The molecule has 42 valence electrons. The van der Waals surface area contributed by atoms with Crippen molar-refractivity contribution in [3.63, 3.8) is 0 Å². The van der Waals surface area contributed by atoms with Crippen molar-refractivity contribution in [3.8, 4) is 0 Å². The lowest BCUT2D eigenvalue weighted by molar-refractivity contribution is 0.522. The molecule has 1 fully saturated rings. The van der Waals surface area contributed by atoms with Crippen molar-refractivity contribution in [3.05, 3.63) is 0 Å². The molecule has 1 aliphatic rings. The summed E-state index contributed by atoms with van der Waals surface area (Å²) in [5.41, 5.74) is 0. The second-order valence-electron chi connectivity index (χ2n) is 1.75. The quantitative estimate of drug-likeness (QED) is 0.442. The fraction of sp³-hybridized carbons (Fsp3) is 1.00. The lowest BCUT2D eigenvalue weighted by Gasteiger charge is -2.22. The molecule has 0 saturated heterocycles. The molecule has 0 unspecified atom stereocenters. The van der Waals surface area contributed by atoms with Gasteiger partial charge in [-0.1, -0.05) is 18.4 Å². The van der Waals surface area contributed by atoms with Gasteiger partial charge < -0.3 is 0 Å². The Hall–Kier alpha value is 1.04. The molecule has 0 aromatic carbocycles. The Kier molecular flexibility index (Phi) is 2.77. The van der Waals surface area contributed by atoms with Crippen LogP contribution in [-0.2, 0) is 0 Å². The lowest BCUT2D eigenvalue weighted by Crippen LogP contribution is -2.14. The van der Waals surface area contributed by atoms with Crippen molar-refractivity contribution in [2.75, 3.05) is 0 Å². The van der Waals surface area contributed by atoms with Crippen LogP contribution in [0, 0.1) is 0 Å². The van der Waals surface area contributed by atoms with Gasteiger partial charge in [0.15, 0.2) is 0 Å². The summed E-state index contributed by atoms with van der Waals surface area (Å²) in [6.07, 6.45) is 4.28. The third kappa shape index (κ3) is 1.77. The van der Waals surface area contributed by atoms with E-state index in [4.69, 9.17) is 0 Å². The van der Waals surface area contributed by atoms with Crippen LogP contribution >= 0.6 is 34.8 Å². The van der Waals surface area contributed by atoms with Gasteiger partial charge in [0, 0.05) is 28.1 Å². The van der Waals surface area contributed by atoms with Crippen molar-refractivity contribution >= 4 is 34.8 Å². The molecular weight excluding hydrogens is 221 g/mol. The molecule has 7 heavy (non-hydrogen) atoms. The van der Waals surface area contributed by atoms with Gasteiger partial charge >= 0.3 is 0 Å². The third-order valence-electron chi connectivity index (χ3n) is 1.26. The first-order chi connectivity index (χ1) is 3.43. The van der Waals surface area contributed by atoms with Crippen molar-refractivity contribution in [1.29, 1.82) is 0 Å². The largest absolute Gasteiger partial charge is 0.205 e. The third-order valence-corrected chi connectivity index (χ3v) is 2.92. The van der Waals surface area contributed by atoms with E-state index in [2.05, 4.69) is 25.8 Å². The summed E-state index contributed by atoms with van der Waals surface area (Å²) in [6, 6.07) is 0. The first-order valence-electron chi connectivity index (χ1n) is 2.45. The minimum Gasteiger partial charge on any atom is -0.205 e. The van der Waals surface area contributed by atoms with Gasteiger partial charge in [0.05, 0.1) is 0 Å². The molecule has 0 radical (unpaired) electrons. The summed E-state index contributed by atoms with van der Waals surface area (Å²) in [5.74, 6) is 0. The predicted molar refractivity (Wildman–Crippen MR) is 42.4 cm³/mol. The number of nitrogens with one attached hydrogen (secondary N) is 1. The predicted octanol–water partition coefficient (Wildman–Crippen LogP) is 2.13. The first-order valence-corrected chi connectivity index (χ1v) is 4.40. The van der Waals surface area contributed by atoms with Crippen molar-refractivity contribution in [2.24, 2.45) is 0 Å². The highest BCUT2D eigenvalue weighted by Gasteiger charge is 2.16. The van der Waals surface area contributed by atoms with Gasteiger partial charge in [0.25, 0.3) is 0 Å². The fourth-order valence-corrected chi connectivity index (χ4v) is 2.33. The zero-order valence-electron chi connectivity index (χ0n) is 3.98. The van der Waals surface area contributed by atoms with Crippen molar-refractivity contribution in [2.45, 2.75) is 24.5 Å². The SMILES string of the molecule is INSC1CCC1. The summed E-state index contributed by atoms with van der Waals surface area (Å²) in [4.78, 5) is 0. The highest BCUT2D eigenvalue weighted by molar-refractivity contribution is 14.1. The molecule has 0 spiro atoms. The molecule has 0 heterocycles. The van der Waals surface area contributed by atoms with Crippen LogP contribution in [-0.4, -0.2) is 5.25 Å². The van der Waals surface area contributed by atoms with Crippen LogP contribution in [0.5, 0.6) is 0 Å². The van der Waals surface area contributed by atoms with E-state index in [1.54, 1.807) is 0 Å². The van der Waals surface area contributed by atoms with E-state index in [9.17, 15) is 0 Å². The number of hydrogen-bond donors (Lipinski definition) is 1. The van der Waals surface area contributed by atoms with E-state index in [1.165, 1.54) is 19.3 Å². The smallest absolute Gasteiger partial charge is 0.0286 e. The Balaban J connectivity index is 1.93. The monoisotopic (exact) mass is 229 g/mol. The highest BCUT2D eigenvalue weighted by Crippen LogP contribution is 2.29. The Morgan fingerprint density at radius 1 is 1.57 bits per heavy atom.